The van der Waals surface area contributed by atoms with Gasteiger partial charge in [-0.05, 0) is 61.2 Å². The lowest BCUT2D eigenvalue weighted by Crippen LogP contribution is -2.49. The summed E-state index contributed by atoms with van der Waals surface area (Å²) in [6.07, 6.45) is 1.74. The second-order valence-electron chi connectivity index (χ2n) is 16.6. The first kappa shape index (κ1) is 46.9. The number of primary amides is 1. The van der Waals surface area contributed by atoms with Gasteiger partial charge >= 0.3 is 24.2 Å². The minimum absolute atomic E-state index is 0.00187. The molecule has 334 valence electrons. The van der Waals surface area contributed by atoms with Crippen LogP contribution in [0, 0.1) is 5.82 Å². The molecule has 3 aromatic carbocycles. The number of pyridine rings is 1. The van der Waals surface area contributed by atoms with E-state index in [9.17, 15) is 29.1 Å². The molecule has 62 heavy (non-hydrogen) atoms. The number of benzene rings is 3. The molecule has 0 bridgehead atoms. The molecule has 2 atom stereocenters. The number of fused-ring (bicyclic) bond motifs is 1. The number of aryl methyl sites for hydroxylation is 1. The van der Waals surface area contributed by atoms with E-state index in [-0.39, 0.29) is 36.4 Å². The van der Waals surface area contributed by atoms with Gasteiger partial charge in [-0.1, -0.05) is 62.1 Å². The molecule has 1 saturated heterocycles. The van der Waals surface area contributed by atoms with E-state index in [2.05, 4.69) is 40.9 Å². The van der Waals surface area contributed by atoms with Crippen molar-refractivity contribution in [2.75, 3.05) is 56.0 Å². The number of aromatic nitrogens is 1. The van der Waals surface area contributed by atoms with Gasteiger partial charge in [-0.25, -0.2) is 23.6 Å². The van der Waals surface area contributed by atoms with Crippen LogP contribution in [0.2, 0.25) is 25.7 Å². The Labute approximate surface area is 361 Å². The summed E-state index contributed by atoms with van der Waals surface area (Å²) in [6, 6.07) is 19.9. The number of alkyl carbamates (subject to hydrolysis) is 1. The van der Waals surface area contributed by atoms with Crippen LogP contribution >= 0.6 is 0 Å². The lowest BCUT2D eigenvalue weighted by Gasteiger charge is -2.35. The smallest absolute Gasteiger partial charge is 0.410 e. The van der Waals surface area contributed by atoms with E-state index >= 15 is 4.39 Å². The van der Waals surface area contributed by atoms with E-state index < -0.39 is 49.1 Å². The SMILES string of the molecule is CCn1cc(C(=O)O)c(=O)c2cc(F)c(N3CCN(C(=O)OCc4ccc(NC[C@H](CCCNC(N)=O)NC[C@H](C[Si](C)(C)C)NC(=O)OCc5ccccc5)cc4)CC3)cc21. The second kappa shape index (κ2) is 22.1. The molecule has 1 aliphatic rings. The maximum absolute atomic E-state index is 15.4. The Hall–Kier alpha value is -6.14. The van der Waals surface area contributed by atoms with Crippen molar-refractivity contribution < 1.29 is 38.1 Å². The molecule has 4 aromatic rings. The Morgan fingerprint density at radius 2 is 1.58 bits per heavy atom. The number of ether oxygens (including phenoxy) is 2. The average Bonchev–Trinajstić information content (AvgIpc) is 3.24. The number of halogens is 1. The highest BCUT2D eigenvalue weighted by Gasteiger charge is 2.26. The number of carbonyl (C=O) groups excluding carboxylic acids is 3. The molecule has 1 aromatic heterocycles. The Morgan fingerprint density at radius 3 is 2.23 bits per heavy atom. The molecule has 4 amide bonds. The minimum atomic E-state index is -1.58. The molecule has 0 unspecified atom stereocenters. The predicted molar refractivity (Wildman–Crippen MR) is 240 cm³/mol. The third-order valence-corrected chi connectivity index (χ3v) is 12.3. The monoisotopic (exact) mass is 874 g/mol. The van der Waals surface area contributed by atoms with Crippen LogP contribution in [0.1, 0.15) is 41.3 Å². The topological polar surface area (TPSA) is 210 Å². The van der Waals surface area contributed by atoms with Crippen LogP contribution in [0.4, 0.5) is 30.1 Å². The van der Waals surface area contributed by atoms with E-state index in [0.717, 1.165) is 35.3 Å². The lowest BCUT2D eigenvalue weighted by molar-refractivity contribution is 0.0694. The number of rotatable bonds is 20. The van der Waals surface area contributed by atoms with Crippen LogP contribution in [0.25, 0.3) is 10.9 Å². The van der Waals surface area contributed by atoms with Crippen molar-refractivity contribution in [3.8, 4) is 0 Å². The summed E-state index contributed by atoms with van der Waals surface area (Å²) in [4.78, 5) is 64.8. The molecule has 0 saturated carbocycles. The number of anilines is 2. The van der Waals surface area contributed by atoms with E-state index in [1.807, 2.05) is 61.5 Å². The van der Waals surface area contributed by atoms with E-state index in [1.165, 1.54) is 6.20 Å². The van der Waals surface area contributed by atoms with Crippen LogP contribution in [-0.4, -0.2) is 105 Å². The van der Waals surface area contributed by atoms with Gasteiger partial charge in [0, 0.05) is 89.8 Å². The number of urea groups is 1. The number of carboxylic acids is 1. The van der Waals surface area contributed by atoms with Crippen LogP contribution in [0.5, 0.6) is 0 Å². The van der Waals surface area contributed by atoms with Gasteiger partial charge in [0.25, 0.3) is 0 Å². The number of amides is 4. The van der Waals surface area contributed by atoms with Gasteiger partial charge in [-0.2, -0.15) is 0 Å². The summed E-state index contributed by atoms with van der Waals surface area (Å²) in [5.41, 5.74) is 7.38. The Bertz CT molecular complexity index is 2210. The van der Waals surface area contributed by atoms with Crippen LogP contribution in [0.15, 0.2) is 77.7 Å². The first-order valence-electron chi connectivity index (χ1n) is 20.9. The number of carbonyl (C=O) groups is 4. The zero-order valence-electron chi connectivity index (χ0n) is 35.9. The molecule has 1 fully saturated rings. The molecule has 5 rings (SSSR count). The summed E-state index contributed by atoms with van der Waals surface area (Å²) >= 11 is 0. The Balaban J connectivity index is 1.11. The lowest BCUT2D eigenvalue weighted by atomic mass is 10.1. The van der Waals surface area contributed by atoms with Gasteiger partial charge < -0.3 is 55.9 Å². The molecule has 7 N–H and O–H groups in total. The fraction of sp³-hybridized carbons (Fsp3) is 0.432. The molecule has 18 heteroatoms. The molecular formula is C44H59FN8O8Si. The second-order valence-corrected chi connectivity index (χ2v) is 22.1. The van der Waals surface area contributed by atoms with Gasteiger partial charge in [-0.15, -0.1) is 0 Å². The summed E-state index contributed by atoms with van der Waals surface area (Å²) in [5, 5.41) is 22.2. The highest BCUT2D eigenvalue weighted by atomic mass is 28.3. The maximum Gasteiger partial charge on any atom is 0.410 e. The van der Waals surface area contributed by atoms with Crippen molar-refractivity contribution in [1.82, 2.24) is 25.4 Å². The van der Waals surface area contributed by atoms with Crippen molar-refractivity contribution in [3.05, 3.63) is 106 Å². The van der Waals surface area contributed by atoms with Crippen molar-refractivity contribution in [2.24, 2.45) is 5.73 Å². The first-order chi connectivity index (χ1) is 29.6. The molecule has 0 radical (unpaired) electrons. The Kier molecular flexibility index (Phi) is 16.7. The van der Waals surface area contributed by atoms with Gasteiger partial charge in [-0.3, -0.25) is 4.79 Å². The van der Waals surface area contributed by atoms with Crippen molar-refractivity contribution in [2.45, 2.75) is 77.3 Å². The number of carboxylic acid groups (broad SMARTS) is 1. The highest BCUT2D eigenvalue weighted by Crippen LogP contribution is 2.27. The number of nitrogens with zero attached hydrogens (tertiary/aromatic N) is 3. The number of aromatic carboxylic acids is 1. The first-order valence-corrected chi connectivity index (χ1v) is 24.6. The minimum Gasteiger partial charge on any atom is -0.477 e. The standard InChI is InChI=1S/C44H59FN8O8Si/c1-5-51-26-36(41(55)56)40(54)35-22-37(45)39(23-38(35)51)52-18-20-53(21-19-52)44(59)61-28-31-13-15-32(16-14-31)48-24-33(12-9-17-47-42(46)57)49-25-34(29-62(2,3)4)50-43(58)60-27-30-10-7-6-8-11-30/h6-8,10-11,13-16,22-23,26,33-34,48-49H,5,9,12,17-21,24-25,27-29H2,1-4H3,(H,50,58)(H,55,56)(H3,46,47,57)/t33-,34+/m0/s1. The molecule has 0 aliphatic carbocycles. The van der Waals surface area contributed by atoms with Gasteiger partial charge in [0.1, 0.15) is 24.6 Å². The number of nitrogens with one attached hydrogen (secondary N) is 4. The third kappa shape index (κ3) is 13.9. The highest BCUT2D eigenvalue weighted by molar-refractivity contribution is 6.76. The van der Waals surface area contributed by atoms with Crippen molar-refractivity contribution >= 4 is 54.5 Å². The summed E-state index contributed by atoms with van der Waals surface area (Å²) in [7, 11) is -1.58. The number of piperazine rings is 1. The van der Waals surface area contributed by atoms with E-state index in [4.69, 9.17) is 15.2 Å². The van der Waals surface area contributed by atoms with Crippen LogP contribution < -0.4 is 37.3 Å². The largest absolute Gasteiger partial charge is 0.477 e. The van der Waals surface area contributed by atoms with E-state index in [1.54, 1.807) is 20.4 Å². The molecular weight excluding hydrogens is 816 g/mol. The Morgan fingerprint density at radius 1 is 0.903 bits per heavy atom. The van der Waals surface area contributed by atoms with Gasteiger partial charge in [0.15, 0.2) is 0 Å². The summed E-state index contributed by atoms with van der Waals surface area (Å²) in [6.45, 7) is 12.0. The quantitative estimate of drug-likeness (QED) is 0.0464. The molecule has 2 heterocycles. The average molecular weight is 875 g/mol. The zero-order valence-corrected chi connectivity index (χ0v) is 36.9. The van der Waals surface area contributed by atoms with Crippen molar-refractivity contribution in [3.63, 3.8) is 0 Å². The van der Waals surface area contributed by atoms with Crippen LogP contribution in [-0.2, 0) is 29.2 Å². The molecule has 16 nitrogen and oxygen atoms in total. The summed E-state index contributed by atoms with van der Waals surface area (Å²) < 4.78 is 28.1. The summed E-state index contributed by atoms with van der Waals surface area (Å²) in [5.74, 6) is -2.01. The molecule has 1 aliphatic heterocycles. The predicted octanol–water partition coefficient (Wildman–Crippen LogP) is 5.77. The number of hydrogen-bond acceptors (Lipinski definition) is 10. The normalized spacial score (nSPS) is 13.9. The fourth-order valence-electron chi connectivity index (χ4n) is 7.37. The van der Waals surface area contributed by atoms with Gasteiger partial charge in [0.05, 0.1) is 11.2 Å². The number of nitrogens with two attached hydrogens (primary N) is 1. The number of hydrogen-bond donors (Lipinski definition) is 6. The van der Waals surface area contributed by atoms with Crippen molar-refractivity contribution in [1.29, 1.82) is 0 Å². The molecule has 0 spiro atoms. The maximum atomic E-state index is 15.4. The fourth-order valence-corrected chi connectivity index (χ4v) is 9.10. The van der Waals surface area contributed by atoms with E-state index in [0.29, 0.717) is 64.3 Å². The van der Waals surface area contributed by atoms with Crippen LogP contribution in [0.3, 0.4) is 0 Å². The van der Waals surface area contributed by atoms with Gasteiger partial charge in [0.2, 0.25) is 5.43 Å². The zero-order chi connectivity index (χ0) is 44.8. The third-order valence-electron chi connectivity index (χ3n) is 10.5.